The molecular formula is C11H20O. The van der Waals surface area contributed by atoms with Crippen molar-refractivity contribution in [3.05, 3.63) is 12.2 Å². The zero-order chi connectivity index (χ0) is 8.97. The molecule has 1 rings (SSSR count). The third-order valence-electron chi connectivity index (χ3n) is 2.94. The second-order valence-electron chi connectivity index (χ2n) is 3.77. The first-order chi connectivity index (χ1) is 5.77. The van der Waals surface area contributed by atoms with Gasteiger partial charge in [-0.3, -0.25) is 0 Å². The van der Waals surface area contributed by atoms with Crippen molar-refractivity contribution in [1.29, 1.82) is 0 Å². The van der Waals surface area contributed by atoms with E-state index in [-0.39, 0.29) is 6.10 Å². The van der Waals surface area contributed by atoms with Crippen LogP contribution in [0.3, 0.4) is 0 Å². The van der Waals surface area contributed by atoms with Crippen molar-refractivity contribution < 1.29 is 5.11 Å². The molecule has 0 heterocycles. The van der Waals surface area contributed by atoms with Crippen LogP contribution in [0, 0.1) is 11.8 Å². The molecule has 0 aromatic heterocycles. The van der Waals surface area contributed by atoms with Gasteiger partial charge in [0.05, 0.1) is 6.10 Å². The Morgan fingerprint density at radius 3 is 2.50 bits per heavy atom. The predicted molar refractivity (Wildman–Crippen MR) is 51.9 cm³/mol. The molecule has 0 aromatic rings. The first-order valence-electron chi connectivity index (χ1n) is 5.14. The lowest BCUT2D eigenvalue weighted by Crippen LogP contribution is -2.21. The molecule has 0 spiro atoms. The lowest BCUT2D eigenvalue weighted by atomic mass is 9.84. The molecule has 12 heavy (non-hydrogen) atoms. The fourth-order valence-corrected chi connectivity index (χ4v) is 1.86. The van der Waals surface area contributed by atoms with Crippen molar-refractivity contribution in [2.24, 2.45) is 11.8 Å². The molecule has 0 aromatic carbocycles. The van der Waals surface area contributed by atoms with Gasteiger partial charge in [0.2, 0.25) is 0 Å². The monoisotopic (exact) mass is 168 g/mol. The van der Waals surface area contributed by atoms with Crippen molar-refractivity contribution in [1.82, 2.24) is 0 Å². The zero-order valence-electron chi connectivity index (χ0n) is 8.16. The van der Waals surface area contributed by atoms with Crippen molar-refractivity contribution in [3.63, 3.8) is 0 Å². The van der Waals surface area contributed by atoms with E-state index >= 15 is 0 Å². The Labute approximate surface area is 75.5 Å². The second-order valence-corrected chi connectivity index (χ2v) is 3.77. The minimum absolute atomic E-state index is 0.112. The lowest BCUT2D eigenvalue weighted by molar-refractivity contribution is 0.115. The van der Waals surface area contributed by atoms with E-state index in [0.29, 0.717) is 5.92 Å². The highest BCUT2D eigenvalue weighted by atomic mass is 16.3. The van der Waals surface area contributed by atoms with Gasteiger partial charge in [-0.15, -0.1) is 0 Å². The van der Waals surface area contributed by atoms with Crippen molar-refractivity contribution in [2.75, 3.05) is 0 Å². The van der Waals surface area contributed by atoms with E-state index in [1.165, 1.54) is 19.3 Å². The van der Waals surface area contributed by atoms with Gasteiger partial charge in [0.1, 0.15) is 0 Å². The predicted octanol–water partition coefficient (Wildman–Crippen LogP) is 2.75. The van der Waals surface area contributed by atoms with Crippen LogP contribution in [0.5, 0.6) is 0 Å². The summed E-state index contributed by atoms with van der Waals surface area (Å²) < 4.78 is 0. The van der Waals surface area contributed by atoms with E-state index < -0.39 is 0 Å². The maximum absolute atomic E-state index is 9.59. The summed E-state index contributed by atoms with van der Waals surface area (Å²) in [6, 6.07) is 0. The first-order valence-corrected chi connectivity index (χ1v) is 5.14. The van der Waals surface area contributed by atoms with Gasteiger partial charge in [-0.25, -0.2) is 0 Å². The molecule has 3 unspecified atom stereocenters. The topological polar surface area (TPSA) is 20.2 Å². The summed E-state index contributed by atoms with van der Waals surface area (Å²) in [6.45, 7) is 4.27. The maximum Gasteiger partial charge on any atom is 0.0600 e. The van der Waals surface area contributed by atoms with Crippen LogP contribution in [0.1, 0.15) is 39.5 Å². The summed E-state index contributed by atoms with van der Waals surface area (Å²) in [5.74, 6) is 1.20. The van der Waals surface area contributed by atoms with Crippen LogP contribution in [0.2, 0.25) is 0 Å². The van der Waals surface area contributed by atoms with E-state index in [4.69, 9.17) is 0 Å². The molecule has 1 nitrogen and oxygen atoms in total. The lowest BCUT2D eigenvalue weighted by Gasteiger charge is -2.25. The Balaban J connectivity index is 2.42. The van der Waals surface area contributed by atoms with Crippen LogP contribution in [0.15, 0.2) is 12.2 Å². The van der Waals surface area contributed by atoms with Crippen LogP contribution in [-0.2, 0) is 0 Å². The Kier molecular flexibility index (Phi) is 3.80. The number of aliphatic hydroxyl groups excluding tert-OH is 1. The Hall–Kier alpha value is -0.300. The first kappa shape index (κ1) is 9.79. The van der Waals surface area contributed by atoms with E-state index in [2.05, 4.69) is 19.1 Å². The largest absolute Gasteiger partial charge is 0.393 e. The third kappa shape index (κ3) is 2.34. The molecule has 0 amide bonds. The summed E-state index contributed by atoms with van der Waals surface area (Å²) in [5.41, 5.74) is 0. The quantitative estimate of drug-likeness (QED) is 0.642. The molecule has 1 aliphatic rings. The Morgan fingerprint density at radius 1 is 1.33 bits per heavy atom. The molecule has 70 valence electrons. The molecule has 0 fully saturated rings. The highest BCUT2D eigenvalue weighted by molar-refractivity contribution is 4.99. The van der Waals surface area contributed by atoms with Crippen LogP contribution in [0.25, 0.3) is 0 Å². The normalized spacial score (nSPS) is 31.9. The van der Waals surface area contributed by atoms with Crippen LogP contribution in [-0.4, -0.2) is 11.2 Å². The molecule has 0 aliphatic heterocycles. The molecule has 1 heteroatoms. The number of allylic oxidation sites excluding steroid dienone is 1. The molecule has 3 atom stereocenters. The van der Waals surface area contributed by atoms with E-state index in [1.54, 1.807) is 0 Å². The number of hydrogen-bond donors (Lipinski definition) is 1. The summed E-state index contributed by atoms with van der Waals surface area (Å²) in [5, 5.41) is 9.59. The molecule has 0 saturated carbocycles. The molecule has 0 bridgehead atoms. The summed E-state index contributed by atoms with van der Waals surface area (Å²) in [7, 11) is 0. The smallest absolute Gasteiger partial charge is 0.0600 e. The number of rotatable bonds is 3. The average Bonchev–Trinajstić information content (AvgIpc) is 2.17. The minimum Gasteiger partial charge on any atom is -0.393 e. The standard InChI is InChI=1S/C11H20O/c1-3-9-5-7-10(8-6-9)11(12)4-2/h5,7,9-12H,3-4,6,8H2,1-2H3. The maximum atomic E-state index is 9.59. The van der Waals surface area contributed by atoms with Gasteiger partial charge in [-0.05, 0) is 31.6 Å². The average molecular weight is 168 g/mol. The van der Waals surface area contributed by atoms with Gasteiger partial charge >= 0.3 is 0 Å². The molecule has 1 N–H and O–H groups in total. The minimum atomic E-state index is -0.112. The summed E-state index contributed by atoms with van der Waals surface area (Å²) >= 11 is 0. The van der Waals surface area contributed by atoms with Crippen LogP contribution < -0.4 is 0 Å². The van der Waals surface area contributed by atoms with Crippen molar-refractivity contribution in [3.8, 4) is 0 Å². The van der Waals surface area contributed by atoms with Gasteiger partial charge in [-0.2, -0.15) is 0 Å². The third-order valence-corrected chi connectivity index (χ3v) is 2.94. The van der Waals surface area contributed by atoms with Gasteiger partial charge in [-0.1, -0.05) is 26.0 Å². The summed E-state index contributed by atoms with van der Waals surface area (Å²) in [6.07, 6.45) is 8.94. The van der Waals surface area contributed by atoms with Gasteiger partial charge < -0.3 is 5.11 Å². The van der Waals surface area contributed by atoms with Crippen molar-refractivity contribution >= 4 is 0 Å². The van der Waals surface area contributed by atoms with Crippen LogP contribution in [0.4, 0.5) is 0 Å². The number of hydrogen-bond acceptors (Lipinski definition) is 1. The van der Waals surface area contributed by atoms with Gasteiger partial charge in [0, 0.05) is 5.92 Å². The fraction of sp³-hybridized carbons (Fsp3) is 0.818. The highest BCUT2D eigenvalue weighted by Gasteiger charge is 2.19. The van der Waals surface area contributed by atoms with Gasteiger partial charge in [0.15, 0.2) is 0 Å². The molecule has 0 radical (unpaired) electrons. The molecular weight excluding hydrogens is 148 g/mol. The second kappa shape index (κ2) is 4.66. The Morgan fingerprint density at radius 2 is 2.08 bits per heavy atom. The van der Waals surface area contributed by atoms with E-state index in [1.807, 2.05) is 6.92 Å². The van der Waals surface area contributed by atoms with E-state index in [9.17, 15) is 5.11 Å². The number of aliphatic hydroxyl groups is 1. The molecule has 0 saturated heterocycles. The van der Waals surface area contributed by atoms with Crippen molar-refractivity contribution in [2.45, 2.75) is 45.6 Å². The highest BCUT2D eigenvalue weighted by Crippen LogP contribution is 2.27. The Bertz CT molecular complexity index is 151. The molecule has 1 aliphatic carbocycles. The SMILES string of the molecule is CCC1C=CC(C(O)CC)CC1. The summed E-state index contributed by atoms with van der Waals surface area (Å²) in [4.78, 5) is 0. The zero-order valence-corrected chi connectivity index (χ0v) is 8.16. The van der Waals surface area contributed by atoms with E-state index in [0.717, 1.165) is 12.3 Å². The fourth-order valence-electron chi connectivity index (χ4n) is 1.86. The van der Waals surface area contributed by atoms with Gasteiger partial charge in [0.25, 0.3) is 0 Å². The van der Waals surface area contributed by atoms with Crippen LogP contribution >= 0.6 is 0 Å².